The molecule has 0 aliphatic carbocycles. The standard InChI is InChI=1S/C74H133NO18/c1-3-5-7-9-11-13-15-17-19-21-23-24-25-26-27-28-29-30-31-32-33-34-35-37-39-41-43-45-47-49-51-58(79)57(75-62(80)52-50-48-46-44-42-40-38-36-22-20-18-16-14-12-10-8-6-4-2)56-88-72-68(86)65(83)70(60(54-77)90-72)93-74-69(87)66(84)71(61(55-78)91-74)92-73-67(85)64(82)63(81)59(53-76)89-73/h14,16,20,22,34-35,41,43,49,51,57-61,63-74,76-79,81-87H,3-13,15,17-19,21,23-33,36-40,42,44-48,50,52-56H2,1-2H3,(H,75,80)/b16-14-,22-20-,35-34+,43-41+,51-49+. The molecule has 3 aliphatic rings. The molecule has 0 aromatic rings. The van der Waals surface area contributed by atoms with E-state index in [1.54, 1.807) is 6.08 Å². The summed E-state index contributed by atoms with van der Waals surface area (Å²) in [6, 6.07) is -1.00. The molecule has 0 spiro atoms. The first kappa shape index (κ1) is 84.7. The van der Waals surface area contributed by atoms with Gasteiger partial charge in [-0.2, -0.15) is 0 Å². The molecule has 12 N–H and O–H groups in total. The number of nitrogens with one attached hydrogen (secondary N) is 1. The maximum Gasteiger partial charge on any atom is 0.220 e. The van der Waals surface area contributed by atoms with Gasteiger partial charge in [0.25, 0.3) is 0 Å². The zero-order chi connectivity index (χ0) is 67.5. The van der Waals surface area contributed by atoms with Crippen LogP contribution in [0.2, 0.25) is 0 Å². The zero-order valence-electron chi connectivity index (χ0n) is 57.5. The summed E-state index contributed by atoms with van der Waals surface area (Å²) in [4.78, 5) is 13.4. The van der Waals surface area contributed by atoms with E-state index in [2.05, 4.69) is 67.8 Å². The van der Waals surface area contributed by atoms with Gasteiger partial charge in [0.05, 0.1) is 38.6 Å². The number of aliphatic hydroxyl groups is 11. The van der Waals surface area contributed by atoms with E-state index >= 15 is 0 Å². The number of amides is 1. The number of aliphatic hydroxyl groups excluding tert-OH is 11. The number of rotatable bonds is 57. The average molecular weight is 1320 g/mol. The van der Waals surface area contributed by atoms with Gasteiger partial charge in [0.2, 0.25) is 5.91 Å². The van der Waals surface area contributed by atoms with Gasteiger partial charge in [-0.3, -0.25) is 4.79 Å². The summed E-state index contributed by atoms with van der Waals surface area (Å²) in [6.07, 6.45) is 42.1. The third kappa shape index (κ3) is 36.8. The Morgan fingerprint density at radius 2 is 0.720 bits per heavy atom. The number of allylic oxidation sites excluding steroid dienone is 9. The molecule has 17 unspecified atom stereocenters. The Balaban J connectivity index is 1.42. The molecule has 0 bridgehead atoms. The Morgan fingerprint density at radius 3 is 1.15 bits per heavy atom. The van der Waals surface area contributed by atoms with Crippen LogP contribution in [0.3, 0.4) is 0 Å². The molecular formula is C74H133NO18. The van der Waals surface area contributed by atoms with Gasteiger partial charge in [-0.1, -0.05) is 248 Å². The first-order chi connectivity index (χ1) is 45.3. The van der Waals surface area contributed by atoms with Crippen LogP contribution in [0.25, 0.3) is 0 Å². The lowest BCUT2D eigenvalue weighted by Gasteiger charge is -2.48. The molecule has 3 rings (SSSR count). The highest BCUT2D eigenvalue weighted by molar-refractivity contribution is 5.76. The molecule has 1 amide bonds. The van der Waals surface area contributed by atoms with Crippen molar-refractivity contribution in [3.05, 3.63) is 60.8 Å². The summed E-state index contributed by atoms with van der Waals surface area (Å²) in [6.45, 7) is 1.70. The lowest BCUT2D eigenvalue weighted by Crippen LogP contribution is -2.66. The lowest BCUT2D eigenvalue weighted by molar-refractivity contribution is -0.379. The van der Waals surface area contributed by atoms with Crippen molar-refractivity contribution in [2.45, 2.75) is 375 Å². The highest BCUT2D eigenvalue weighted by Gasteiger charge is 2.53. The van der Waals surface area contributed by atoms with Gasteiger partial charge in [-0.05, 0) is 77.0 Å². The number of hydrogen-bond donors (Lipinski definition) is 12. The summed E-state index contributed by atoms with van der Waals surface area (Å²) in [5.41, 5.74) is 0. The number of carbonyl (C=O) groups excluding carboxylic acids is 1. The first-order valence-electron chi connectivity index (χ1n) is 37.0. The van der Waals surface area contributed by atoms with Crippen LogP contribution in [0.15, 0.2) is 60.8 Å². The lowest BCUT2D eigenvalue weighted by atomic mass is 9.96. The molecule has 542 valence electrons. The van der Waals surface area contributed by atoms with Gasteiger partial charge in [-0.15, -0.1) is 0 Å². The van der Waals surface area contributed by atoms with E-state index in [0.29, 0.717) is 12.8 Å². The van der Waals surface area contributed by atoms with Crippen LogP contribution in [-0.2, 0) is 33.2 Å². The first-order valence-corrected chi connectivity index (χ1v) is 37.0. The molecule has 3 aliphatic heterocycles. The molecule has 0 aromatic carbocycles. The number of carbonyl (C=O) groups is 1. The fourth-order valence-corrected chi connectivity index (χ4v) is 12.3. The van der Waals surface area contributed by atoms with Gasteiger partial charge < -0.3 is 89.9 Å². The largest absolute Gasteiger partial charge is 0.394 e. The summed E-state index contributed by atoms with van der Waals surface area (Å²) in [5.74, 6) is -0.297. The normalized spacial score (nSPS) is 27.9. The predicted molar refractivity (Wildman–Crippen MR) is 365 cm³/mol. The third-order valence-electron chi connectivity index (χ3n) is 18.3. The summed E-state index contributed by atoms with van der Waals surface area (Å²) in [7, 11) is 0. The van der Waals surface area contributed by atoms with Crippen LogP contribution in [0.4, 0.5) is 0 Å². The van der Waals surface area contributed by atoms with E-state index in [4.69, 9.17) is 28.4 Å². The van der Waals surface area contributed by atoms with Crippen molar-refractivity contribution >= 4 is 5.91 Å². The van der Waals surface area contributed by atoms with Crippen LogP contribution in [0.5, 0.6) is 0 Å². The SMILES string of the molecule is CCCCCC/C=C\C/C=C\CCCCCCCCCC(=O)NC(COC1OC(CO)C(OC2OC(CO)C(OC3OC(CO)C(O)C(O)C3O)C(O)C2O)C(O)C1O)C(O)/C=C/CC/C=C/CC/C=C/CCCCCCCCCCCCCCCCCCCCCC. The van der Waals surface area contributed by atoms with Crippen molar-refractivity contribution in [2.75, 3.05) is 26.4 Å². The quantitative estimate of drug-likeness (QED) is 0.0199. The van der Waals surface area contributed by atoms with Gasteiger partial charge in [0.15, 0.2) is 18.9 Å². The second-order valence-electron chi connectivity index (χ2n) is 26.4. The minimum absolute atomic E-state index is 0.221. The van der Waals surface area contributed by atoms with E-state index in [1.165, 1.54) is 154 Å². The Kier molecular flexibility index (Phi) is 50.4. The van der Waals surface area contributed by atoms with Crippen molar-refractivity contribution in [1.82, 2.24) is 5.32 Å². The molecule has 3 fully saturated rings. The van der Waals surface area contributed by atoms with Crippen molar-refractivity contribution in [3.8, 4) is 0 Å². The Morgan fingerprint density at radius 1 is 0.387 bits per heavy atom. The maximum atomic E-state index is 13.4. The van der Waals surface area contributed by atoms with Crippen LogP contribution in [0, 0.1) is 0 Å². The molecule has 3 saturated heterocycles. The van der Waals surface area contributed by atoms with Crippen molar-refractivity contribution in [3.63, 3.8) is 0 Å². The van der Waals surface area contributed by atoms with E-state index in [9.17, 15) is 61.0 Å². The van der Waals surface area contributed by atoms with E-state index in [0.717, 1.165) is 83.5 Å². The number of unbranched alkanes of at least 4 members (excludes halogenated alkanes) is 33. The Hall–Kier alpha value is -2.51. The minimum Gasteiger partial charge on any atom is -0.394 e. The van der Waals surface area contributed by atoms with E-state index in [1.807, 2.05) is 6.08 Å². The average Bonchev–Trinajstić information content (AvgIpc) is 0.996. The molecule has 0 radical (unpaired) electrons. The summed E-state index contributed by atoms with van der Waals surface area (Å²) in [5, 5.41) is 121. The van der Waals surface area contributed by atoms with Gasteiger partial charge in [-0.25, -0.2) is 0 Å². The van der Waals surface area contributed by atoms with Crippen LogP contribution in [-0.4, -0.2) is 193 Å². The maximum absolute atomic E-state index is 13.4. The second-order valence-corrected chi connectivity index (χ2v) is 26.4. The van der Waals surface area contributed by atoms with Crippen molar-refractivity contribution in [2.24, 2.45) is 0 Å². The third-order valence-corrected chi connectivity index (χ3v) is 18.3. The second kappa shape index (κ2) is 55.4. The summed E-state index contributed by atoms with van der Waals surface area (Å²) >= 11 is 0. The molecule has 0 saturated carbocycles. The van der Waals surface area contributed by atoms with Crippen molar-refractivity contribution in [1.29, 1.82) is 0 Å². The summed E-state index contributed by atoms with van der Waals surface area (Å²) < 4.78 is 34.3. The predicted octanol–water partition coefficient (Wildman–Crippen LogP) is 10.7. The van der Waals surface area contributed by atoms with Crippen LogP contribution >= 0.6 is 0 Å². The highest BCUT2D eigenvalue weighted by Crippen LogP contribution is 2.33. The Bertz CT molecular complexity index is 1920. The molecule has 93 heavy (non-hydrogen) atoms. The molecular weight excluding hydrogens is 1190 g/mol. The van der Waals surface area contributed by atoms with Gasteiger partial charge in [0.1, 0.15) is 73.2 Å². The monoisotopic (exact) mass is 1320 g/mol. The Labute approximate surface area is 560 Å². The fourth-order valence-electron chi connectivity index (χ4n) is 12.3. The smallest absolute Gasteiger partial charge is 0.220 e. The van der Waals surface area contributed by atoms with E-state index in [-0.39, 0.29) is 18.9 Å². The molecule has 17 atom stereocenters. The molecule has 0 aromatic heterocycles. The highest BCUT2D eigenvalue weighted by atomic mass is 16.8. The zero-order valence-corrected chi connectivity index (χ0v) is 57.5. The molecule has 19 nitrogen and oxygen atoms in total. The van der Waals surface area contributed by atoms with Gasteiger partial charge in [0, 0.05) is 6.42 Å². The van der Waals surface area contributed by atoms with E-state index < -0.39 is 124 Å². The van der Waals surface area contributed by atoms with Gasteiger partial charge >= 0.3 is 0 Å². The minimum atomic E-state index is -1.99. The van der Waals surface area contributed by atoms with Crippen molar-refractivity contribution < 1.29 is 89.4 Å². The molecule has 3 heterocycles. The number of hydrogen-bond acceptors (Lipinski definition) is 18. The topological polar surface area (TPSA) is 307 Å². The van der Waals surface area contributed by atoms with Crippen LogP contribution in [0.1, 0.15) is 271 Å². The fraction of sp³-hybridized carbons (Fsp3) is 0.851. The van der Waals surface area contributed by atoms with Crippen LogP contribution < -0.4 is 5.32 Å². The number of ether oxygens (including phenoxy) is 6. The molecule has 19 heteroatoms.